The Morgan fingerprint density at radius 3 is 2.69 bits per heavy atom. The van der Waals surface area contributed by atoms with Gasteiger partial charge in [-0.2, -0.15) is 0 Å². The van der Waals surface area contributed by atoms with Gasteiger partial charge >= 0.3 is 0 Å². The molecular weight excluding hydrogens is 208 g/mol. The Kier molecular flexibility index (Phi) is 7.21. The highest BCUT2D eigenvalue weighted by Crippen LogP contribution is 2.06. The first-order valence-corrected chi connectivity index (χ1v) is 5.99. The first-order chi connectivity index (χ1) is 7.79. The lowest BCUT2D eigenvalue weighted by molar-refractivity contribution is 0.0512. The zero-order valence-corrected chi connectivity index (χ0v) is 9.68. The maximum Gasteiger partial charge on any atom is 0.113 e. The van der Waals surface area contributed by atoms with Crippen LogP contribution in [-0.4, -0.2) is 42.2 Å². The van der Waals surface area contributed by atoms with Crippen LogP contribution in [0.4, 0.5) is 0 Å². The molecule has 2 unspecified atom stereocenters. The summed E-state index contributed by atoms with van der Waals surface area (Å²) in [6.45, 7) is 1.83. The molecule has 2 rings (SSSR count). The summed E-state index contributed by atoms with van der Waals surface area (Å²) >= 11 is 0. The molecule has 0 aliphatic carbocycles. The van der Waals surface area contributed by atoms with E-state index in [0.717, 1.165) is 38.7 Å². The molecule has 2 atom stereocenters. The molecule has 0 spiro atoms. The van der Waals surface area contributed by atoms with Crippen molar-refractivity contribution in [2.24, 2.45) is 0 Å². The molecule has 2 aliphatic heterocycles. The van der Waals surface area contributed by atoms with Gasteiger partial charge in [0.05, 0.1) is 25.1 Å². The first kappa shape index (κ1) is 13.5. The zero-order valence-electron chi connectivity index (χ0n) is 9.68. The van der Waals surface area contributed by atoms with E-state index < -0.39 is 0 Å². The molecule has 1 fully saturated rings. The fourth-order valence-electron chi connectivity index (χ4n) is 1.56. The normalized spacial score (nSPS) is 30.4. The predicted octanol–water partition coefficient (Wildman–Crippen LogP) is 1.22. The third-order valence-electron chi connectivity index (χ3n) is 2.53. The molecule has 4 heteroatoms. The van der Waals surface area contributed by atoms with Crippen LogP contribution in [0.3, 0.4) is 0 Å². The Morgan fingerprint density at radius 1 is 1.00 bits per heavy atom. The summed E-state index contributed by atoms with van der Waals surface area (Å²) in [7, 11) is 0. The maximum absolute atomic E-state index is 8.96. The Bertz CT molecular complexity index is 175. The molecular formula is C12H22O4. The van der Waals surface area contributed by atoms with Gasteiger partial charge in [0.2, 0.25) is 0 Å². The second-order valence-electron chi connectivity index (χ2n) is 4.16. The molecule has 2 aliphatic rings. The molecule has 2 N–H and O–H groups in total. The van der Waals surface area contributed by atoms with E-state index in [4.69, 9.17) is 19.7 Å². The summed E-state index contributed by atoms with van der Waals surface area (Å²) in [5.74, 6) is 0. The van der Waals surface area contributed by atoms with Crippen LogP contribution >= 0.6 is 0 Å². The standard InChI is InChI=1S/C6H12O2.C6H10O2/c2*7-6-3-1-2-4-8-5-6/h6-7H,1-5H2;2,4,6-7H,1,3,5H2. The van der Waals surface area contributed by atoms with Crippen molar-refractivity contribution in [1.82, 2.24) is 0 Å². The molecule has 0 aromatic rings. The van der Waals surface area contributed by atoms with Crippen LogP contribution in [0.1, 0.15) is 32.1 Å². The summed E-state index contributed by atoms with van der Waals surface area (Å²) in [6, 6.07) is 0. The number of aliphatic hydroxyl groups excluding tert-OH is 2. The van der Waals surface area contributed by atoms with Gasteiger partial charge in [-0.05, 0) is 38.2 Å². The van der Waals surface area contributed by atoms with Gasteiger partial charge < -0.3 is 19.7 Å². The number of allylic oxidation sites excluding steroid dienone is 1. The largest absolute Gasteiger partial charge is 0.499 e. The SMILES string of the molecule is OC1CCC=COC1.OC1CCCCOC1. The molecule has 2 heterocycles. The van der Waals surface area contributed by atoms with Crippen LogP contribution in [0.15, 0.2) is 12.3 Å². The van der Waals surface area contributed by atoms with Crippen molar-refractivity contribution in [3.05, 3.63) is 12.3 Å². The van der Waals surface area contributed by atoms with Crippen molar-refractivity contribution >= 4 is 0 Å². The third-order valence-corrected chi connectivity index (χ3v) is 2.53. The monoisotopic (exact) mass is 230 g/mol. The predicted molar refractivity (Wildman–Crippen MR) is 61.0 cm³/mol. The van der Waals surface area contributed by atoms with E-state index in [1.54, 1.807) is 6.26 Å². The van der Waals surface area contributed by atoms with E-state index in [9.17, 15) is 0 Å². The number of hydrogen-bond donors (Lipinski definition) is 2. The topological polar surface area (TPSA) is 58.9 Å². The highest BCUT2D eigenvalue weighted by molar-refractivity contribution is 4.78. The Balaban J connectivity index is 0.000000160. The minimum Gasteiger partial charge on any atom is -0.499 e. The van der Waals surface area contributed by atoms with E-state index >= 15 is 0 Å². The maximum atomic E-state index is 8.96. The molecule has 4 nitrogen and oxygen atoms in total. The van der Waals surface area contributed by atoms with Gasteiger partial charge in [-0.25, -0.2) is 0 Å². The van der Waals surface area contributed by atoms with Crippen LogP contribution < -0.4 is 0 Å². The van der Waals surface area contributed by atoms with E-state index in [2.05, 4.69) is 0 Å². The van der Waals surface area contributed by atoms with E-state index in [1.807, 2.05) is 6.08 Å². The molecule has 0 aromatic carbocycles. The number of ether oxygens (including phenoxy) is 2. The van der Waals surface area contributed by atoms with Crippen LogP contribution in [0.25, 0.3) is 0 Å². The lowest BCUT2D eigenvalue weighted by Gasteiger charge is -2.03. The van der Waals surface area contributed by atoms with Crippen LogP contribution in [0.2, 0.25) is 0 Å². The quantitative estimate of drug-likeness (QED) is 0.657. The lowest BCUT2D eigenvalue weighted by atomic mass is 10.2. The number of aliphatic hydroxyl groups is 2. The van der Waals surface area contributed by atoms with E-state index in [1.165, 1.54) is 0 Å². The van der Waals surface area contributed by atoms with Crippen molar-refractivity contribution in [3.8, 4) is 0 Å². The second-order valence-corrected chi connectivity index (χ2v) is 4.16. The zero-order chi connectivity index (χ0) is 11.6. The second kappa shape index (κ2) is 8.56. The van der Waals surface area contributed by atoms with E-state index in [0.29, 0.717) is 13.2 Å². The first-order valence-electron chi connectivity index (χ1n) is 5.99. The summed E-state index contributed by atoms with van der Waals surface area (Å²) in [5, 5.41) is 17.9. The van der Waals surface area contributed by atoms with Crippen LogP contribution in [-0.2, 0) is 9.47 Å². The minimum atomic E-state index is -0.259. The Hall–Kier alpha value is -0.580. The van der Waals surface area contributed by atoms with Crippen molar-refractivity contribution in [3.63, 3.8) is 0 Å². The summed E-state index contributed by atoms with van der Waals surface area (Å²) in [5.41, 5.74) is 0. The summed E-state index contributed by atoms with van der Waals surface area (Å²) < 4.78 is 9.93. The fraction of sp³-hybridized carbons (Fsp3) is 0.833. The van der Waals surface area contributed by atoms with Crippen molar-refractivity contribution in [2.45, 2.75) is 44.3 Å². The molecule has 0 saturated carbocycles. The number of rotatable bonds is 0. The van der Waals surface area contributed by atoms with Gasteiger partial charge in [-0.1, -0.05) is 0 Å². The van der Waals surface area contributed by atoms with Gasteiger partial charge in [0, 0.05) is 6.61 Å². The molecule has 16 heavy (non-hydrogen) atoms. The smallest absolute Gasteiger partial charge is 0.113 e. The number of hydrogen-bond acceptors (Lipinski definition) is 4. The molecule has 1 saturated heterocycles. The highest BCUT2D eigenvalue weighted by atomic mass is 16.5. The third kappa shape index (κ3) is 6.82. The molecule has 0 amide bonds. The molecule has 94 valence electrons. The Labute approximate surface area is 96.9 Å². The molecule has 0 bridgehead atoms. The Morgan fingerprint density at radius 2 is 1.81 bits per heavy atom. The summed E-state index contributed by atoms with van der Waals surface area (Å²) in [4.78, 5) is 0. The van der Waals surface area contributed by atoms with Crippen molar-refractivity contribution in [1.29, 1.82) is 0 Å². The van der Waals surface area contributed by atoms with Gasteiger partial charge in [0.1, 0.15) is 6.61 Å². The molecule has 0 radical (unpaired) electrons. The average Bonchev–Trinajstić information content (AvgIpc) is 2.64. The van der Waals surface area contributed by atoms with Gasteiger partial charge in [-0.15, -0.1) is 0 Å². The van der Waals surface area contributed by atoms with Crippen LogP contribution in [0, 0.1) is 0 Å². The lowest BCUT2D eigenvalue weighted by Crippen LogP contribution is -2.11. The van der Waals surface area contributed by atoms with Crippen LogP contribution in [0.5, 0.6) is 0 Å². The van der Waals surface area contributed by atoms with Crippen molar-refractivity contribution in [2.75, 3.05) is 19.8 Å². The summed E-state index contributed by atoms with van der Waals surface area (Å²) in [6.07, 6.45) is 8.02. The van der Waals surface area contributed by atoms with Gasteiger partial charge in [-0.3, -0.25) is 0 Å². The fourth-order valence-corrected chi connectivity index (χ4v) is 1.56. The minimum absolute atomic E-state index is 0.197. The highest BCUT2D eigenvalue weighted by Gasteiger charge is 2.07. The van der Waals surface area contributed by atoms with Crippen molar-refractivity contribution < 1.29 is 19.7 Å². The van der Waals surface area contributed by atoms with Gasteiger partial charge in [0.25, 0.3) is 0 Å². The average molecular weight is 230 g/mol. The van der Waals surface area contributed by atoms with E-state index in [-0.39, 0.29) is 12.2 Å². The van der Waals surface area contributed by atoms with Gasteiger partial charge in [0.15, 0.2) is 0 Å². The molecule has 0 aromatic heterocycles.